The number of hydrogen-bond acceptors (Lipinski definition) is 1. The van der Waals surface area contributed by atoms with E-state index in [4.69, 9.17) is 11.8 Å². The molecule has 0 rings (SSSR count). The molecule has 0 bridgehead atoms. The van der Waals surface area contributed by atoms with Gasteiger partial charge in [-0.1, -0.05) is 0 Å². The molecule has 0 fully saturated rings. The van der Waals surface area contributed by atoms with Crippen LogP contribution in [0.1, 0.15) is 0 Å². The lowest BCUT2D eigenvalue weighted by Crippen LogP contribution is -1.36. The predicted molar refractivity (Wildman–Crippen MR) is 21.4 cm³/mol. The summed E-state index contributed by atoms with van der Waals surface area (Å²) in [4.78, 5) is 2.77. The molecule has 0 atom stereocenters. The third kappa shape index (κ3) is 2.72. The van der Waals surface area contributed by atoms with Crippen LogP contribution in [0.25, 0.3) is 4.85 Å². The first-order chi connectivity index (χ1) is 2.91. The van der Waals surface area contributed by atoms with E-state index in [0.717, 1.165) is 12.3 Å². The number of nitrogens with zero attached hydrogens (tertiary/aromatic N) is 2. The molecule has 2 heteroatoms. The zero-order chi connectivity index (χ0) is 4.83. The van der Waals surface area contributed by atoms with Crippen molar-refractivity contribution in [1.82, 2.24) is 0 Å². The molecule has 0 aliphatic heterocycles. The maximum absolute atomic E-state index is 7.72. The fourth-order valence-corrected chi connectivity index (χ4v) is 0.0706. The van der Waals surface area contributed by atoms with E-state index in [0.29, 0.717) is 0 Å². The van der Waals surface area contributed by atoms with E-state index >= 15 is 0 Å². The van der Waals surface area contributed by atoms with Gasteiger partial charge >= 0.3 is 0 Å². The van der Waals surface area contributed by atoms with E-state index in [1.165, 1.54) is 0 Å². The van der Waals surface area contributed by atoms with Crippen LogP contribution in [0, 0.1) is 17.9 Å². The van der Waals surface area contributed by atoms with E-state index in [1.54, 1.807) is 6.07 Å². The summed E-state index contributed by atoms with van der Waals surface area (Å²) in [6, 6.07) is 1.67. The lowest BCUT2D eigenvalue weighted by atomic mass is 10.7. The molecule has 0 spiro atoms. The van der Waals surface area contributed by atoms with Crippen LogP contribution in [-0.4, -0.2) is 0 Å². The molecule has 0 radical (unpaired) electrons. The standard InChI is InChI=1S/C4H2N2/c1-6-4-2-3-5/h2,4H. The van der Waals surface area contributed by atoms with Crippen molar-refractivity contribution in [2.75, 3.05) is 0 Å². The Hall–Kier alpha value is -1.28. The minimum Gasteiger partial charge on any atom is -0.245 e. The third-order valence-electron chi connectivity index (χ3n) is 0.224. The highest BCUT2D eigenvalue weighted by atomic mass is 14.6. The summed E-state index contributed by atoms with van der Waals surface area (Å²) in [5.41, 5.74) is 0. The zero-order valence-electron chi connectivity index (χ0n) is 3.05. The van der Waals surface area contributed by atoms with Gasteiger partial charge < -0.3 is 0 Å². The Balaban J connectivity index is 3.36. The van der Waals surface area contributed by atoms with Gasteiger partial charge in [-0.2, -0.15) is 5.26 Å². The monoisotopic (exact) mass is 78.0 g/mol. The van der Waals surface area contributed by atoms with Gasteiger partial charge in [-0.15, -0.1) is 0 Å². The van der Waals surface area contributed by atoms with Gasteiger partial charge in [0.2, 0.25) is 0 Å². The molecule has 0 saturated carbocycles. The molecule has 2 nitrogen and oxygen atoms in total. The minimum atomic E-state index is 1.11. The molecule has 0 heterocycles. The predicted octanol–water partition coefficient (Wildman–Crippen LogP) is 0.943. The smallest absolute Gasteiger partial charge is 0.164 e. The van der Waals surface area contributed by atoms with E-state index in [9.17, 15) is 0 Å². The molecular formula is C4H2N2. The van der Waals surface area contributed by atoms with E-state index in [-0.39, 0.29) is 0 Å². The number of rotatable bonds is 0. The van der Waals surface area contributed by atoms with E-state index in [1.807, 2.05) is 0 Å². The first kappa shape index (κ1) is 4.72. The van der Waals surface area contributed by atoms with Crippen LogP contribution in [0.4, 0.5) is 0 Å². The molecule has 6 heavy (non-hydrogen) atoms. The Morgan fingerprint density at radius 1 is 1.83 bits per heavy atom. The van der Waals surface area contributed by atoms with E-state index < -0.39 is 0 Å². The maximum Gasteiger partial charge on any atom is 0.164 e. The highest BCUT2D eigenvalue weighted by Gasteiger charge is 1.52. The minimum absolute atomic E-state index is 1.11. The molecule has 0 aromatic heterocycles. The molecule has 0 aromatic carbocycles. The van der Waals surface area contributed by atoms with Crippen molar-refractivity contribution in [2.45, 2.75) is 0 Å². The van der Waals surface area contributed by atoms with Crippen molar-refractivity contribution in [3.05, 3.63) is 23.7 Å². The lowest BCUT2D eigenvalue weighted by Gasteiger charge is -1.49. The van der Waals surface area contributed by atoms with Crippen molar-refractivity contribution in [3.63, 3.8) is 0 Å². The van der Waals surface area contributed by atoms with Crippen molar-refractivity contribution in [1.29, 1.82) is 5.26 Å². The lowest BCUT2D eigenvalue weighted by molar-refractivity contribution is 1.53. The first-order valence-electron chi connectivity index (χ1n) is 1.33. The summed E-state index contributed by atoms with van der Waals surface area (Å²) >= 11 is 0. The summed E-state index contributed by atoms with van der Waals surface area (Å²) in [6.45, 7) is 6.09. The van der Waals surface area contributed by atoms with Gasteiger partial charge in [0.05, 0.1) is 12.6 Å². The summed E-state index contributed by atoms with van der Waals surface area (Å²) in [7, 11) is 0. The summed E-state index contributed by atoms with van der Waals surface area (Å²) < 4.78 is 0. The quantitative estimate of drug-likeness (QED) is 0.313. The van der Waals surface area contributed by atoms with Gasteiger partial charge in [-0.05, 0) is 0 Å². The average Bonchev–Trinajstić information content (AvgIpc) is 1.61. The van der Waals surface area contributed by atoms with Crippen molar-refractivity contribution >= 4 is 0 Å². The Labute approximate surface area is 36.1 Å². The topological polar surface area (TPSA) is 28.1 Å². The Kier molecular flexibility index (Phi) is 2.93. The van der Waals surface area contributed by atoms with Crippen molar-refractivity contribution < 1.29 is 0 Å². The second kappa shape index (κ2) is 3.72. The van der Waals surface area contributed by atoms with E-state index in [2.05, 4.69) is 4.85 Å². The summed E-state index contributed by atoms with van der Waals surface area (Å²) in [5.74, 6) is 0. The molecule has 0 aromatic rings. The average molecular weight is 78.1 g/mol. The Bertz CT molecular complexity index is 105. The molecule has 0 unspecified atom stereocenters. The van der Waals surface area contributed by atoms with Crippen molar-refractivity contribution in [3.8, 4) is 6.07 Å². The Morgan fingerprint density at radius 3 is 2.67 bits per heavy atom. The van der Waals surface area contributed by atoms with Gasteiger partial charge in [0.25, 0.3) is 0 Å². The molecule has 0 aliphatic carbocycles. The van der Waals surface area contributed by atoms with Crippen molar-refractivity contribution in [2.24, 2.45) is 0 Å². The fraction of sp³-hybridized carbons (Fsp3) is 0. The molecular weight excluding hydrogens is 76.1 g/mol. The number of nitriles is 1. The zero-order valence-corrected chi connectivity index (χ0v) is 3.05. The highest BCUT2D eigenvalue weighted by Crippen LogP contribution is 1.65. The summed E-state index contributed by atoms with van der Waals surface area (Å²) in [6.07, 6.45) is 2.24. The molecule has 0 aliphatic rings. The van der Waals surface area contributed by atoms with Crippen LogP contribution in [0.5, 0.6) is 0 Å². The van der Waals surface area contributed by atoms with Gasteiger partial charge in [0.1, 0.15) is 0 Å². The van der Waals surface area contributed by atoms with Crippen LogP contribution in [0.15, 0.2) is 12.3 Å². The fourth-order valence-electron chi connectivity index (χ4n) is 0.0706. The molecule has 28 valence electrons. The largest absolute Gasteiger partial charge is 0.245 e. The van der Waals surface area contributed by atoms with Crippen LogP contribution in [0.2, 0.25) is 0 Å². The maximum atomic E-state index is 7.72. The van der Waals surface area contributed by atoms with Crippen LogP contribution in [-0.2, 0) is 0 Å². The third-order valence-corrected chi connectivity index (χ3v) is 0.224. The summed E-state index contributed by atoms with van der Waals surface area (Å²) in [5, 5.41) is 7.72. The Morgan fingerprint density at radius 2 is 2.50 bits per heavy atom. The molecule has 0 N–H and O–H groups in total. The SMILES string of the molecule is [C-]#[N+]C=CC#N. The number of hydrogen-bond donors (Lipinski definition) is 0. The van der Waals surface area contributed by atoms with Crippen LogP contribution < -0.4 is 0 Å². The van der Waals surface area contributed by atoms with Gasteiger partial charge in [0, 0.05) is 6.08 Å². The van der Waals surface area contributed by atoms with Crippen LogP contribution in [0.3, 0.4) is 0 Å². The van der Waals surface area contributed by atoms with Gasteiger partial charge in [-0.3, -0.25) is 0 Å². The molecule has 0 amide bonds. The first-order valence-corrected chi connectivity index (χ1v) is 1.33. The second-order valence-corrected chi connectivity index (χ2v) is 0.574. The van der Waals surface area contributed by atoms with Gasteiger partial charge in [0.15, 0.2) is 6.20 Å². The van der Waals surface area contributed by atoms with Gasteiger partial charge in [-0.25, -0.2) is 4.85 Å². The highest BCUT2D eigenvalue weighted by molar-refractivity contribution is 5.04. The molecule has 0 saturated heterocycles. The van der Waals surface area contributed by atoms with Crippen LogP contribution >= 0.6 is 0 Å². The normalized spacial score (nSPS) is 7.00. The second-order valence-electron chi connectivity index (χ2n) is 0.574. The number of allylic oxidation sites excluding steroid dienone is 1.